The summed E-state index contributed by atoms with van der Waals surface area (Å²) in [6, 6.07) is 7.75. The normalized spacial score (nSPS) is 19.1. The fraction of sp³-hybridized carbons (Fsp3) is 0.357. The predicted molar refractivity (Wildman–Crippen MR) is 66.7 cm³/mol. The van der Waals surface area contributed by atoms with Gasteiger partial charge in [0.25, 0.3) is 0 Å². The van der Waals surface area contributed by atoms with Crippen molar-refractivity contribution in [1.82, 2.24) is 0 Å². The lowest BCUT2D eigenvalue weighted by atomic mass is 9.91. The summed E-state index contributed by atoms with van der Waals surface area (Å²) in [5.74, 6) is -2.08. The molecule has 1 heterocycles. The lowest BCUT2D eigenvalue weighted by molar-refractivity contribution is -0.133. The number of hydrogen-bond acceptors (Lipinski definition) is 3. The predicted octanol–water partition coefficient (Wildman–Crippen LogP) is 2.05. The Kier molecular flexibility index (Phi) is 3.91. The summed E-state index contributed by atoms with van der Waals surface area (Å²) in [6.07, 6.45) is 0.785. The molecule has 1 aliphatic heterocycles. The van der Waals surface area contributed by atoms with E-state index in [0.29, 0.717) is 19.4 Å². The zero-order chi connectivity index (χ0) is 13.8. The molecule has 1 aromatic rings. The maximum absolute atomic E-state index is 13.7. The number of piperidine rings is 1. The van der Waals surface area contributed by atoms with E-state index in [0.717, 1.165) is 0 Å². The van der Waals surface area contributed by atoms with E-state index in [1.807, 2.05) is 0 Å². The van der Waals surface area contributed by atoms with Crippen molar-refractivity contribution in [3.8, 4) is 6.07 Å². The van der Waals surface area contributed by atoms with E-state index in [4.69, 9.17) is 5.26 Å². The monoisotopic (exact) mass is 260 g/mol. The molecule has 0 aliphatic carbocycles. The molecule has 1 aliphatic rings. The first kappa shape index (κ1) is 13.2. The maximum atomic E-state index is 13.7. The number of nitrogens with zero attached hydrogens (tertiary/aromatic N) is 2. The first-order valence-corrected chi connectivity index (χ1v) is 6.10. The first-order valence-electron chi connectivity index (χ1n) is 6.10. The van der Waals surface area contributed by atoms with Gasteiger partial charge in [-0.1, -0.05) is 12.1 Å². The smallest absolute Gasteiger partial charge is 0.237 e. The van der Waals surface area contributed by atoms with Gasteiger partial charge in [0, 0.05) is 6.54 Å². The zero-order valence-corrected chi connectivity index (χ0v) is 10.3. The van der Waals surface area contributed by atoms with Crippen LogP contribution in [0.15, 0.2) is 24.3 Å². The quantitative estimate of drug-likeness (QED) is 0.781. The number of hydrogen-bond donors (Lipinski definition) is 0. The minimum atomic E-state index is -0.812. The van der Waals surface area contributed by atoms with Gasteiger partial charge in [0.2, 0.25) is 5.91 Å². The summed E-state index contributed by atoms with van der Waals surface area (Å²) in [6.45, 7) is 0.399. The molecule has 1 fully saturated rings. The fourth-order valence-electron chi connectivity index (χ4n) is 2.28. The fourth-order valence-corrected chi connectivity index (χ4v) is 2.28. The highest BCUT2D eigenvalue weighted by molar-refractivity contribution is 6.09. The third-order valence-corrected chi connectivity index (χ3v) is 3.22. The van der Waals surface area contributed by atoms with Crippen LogP contribution in [0.3, 0.4) is 0 Å². The summed E-state index contributed by atoms with van der Waals surface area (Å²) in [4.78, 5) is 25.2. The highest BCUT2D eigenvalue weighted by atomic mass is 19.1. The van der Waals surface area contributed by atoms with Crippen molar-refractivity contribution < 1.29 is 14.0 Å². The van der Waals surface area contributed by atoms with Crippen LogP contribution < -0.4 is 4.90 Å². The maximum Gasteiger partial charge on any atom is 0.237 e. The Morgan fingerprint density at radius 1 is 1.47 bits per heavy atom. The standard InChI is InChI=1S/C14H13FN2O2/c15-11-5-1-2-6-12(11)17-9-3-4-10(14(17)19)13(18)7-8-16/h1-2,5-6,10H,3-4,7,9H2/t10-/m0/s1. The third kappa shape index (κ3) is 2.63. The number of anilines is 1. The Balaban J connectivity index is 2.24. The molecular weight excluding hydrogens is 247 g/mol. The van der Waals surface area contributed by atoms with Crippen LogP contribution >= 0.6 is 0 Å². The molecule has 4 nitrogen and oxygen atoms in total. The van der Waals surface area contributed by atoms with Gasteiger partial charge < -0.3 is 4.90 Å². The molecule has 0 saturated carbocycles. The van der Waals surface area contributed by atoms with Crippen molar-refractivity contribution in [3.05, 3.63) is 30.1 Å². The Morgan fingerprint density at radius 3 is 2.89 bits per heavy atom. The molecule has 19 heavy (non-hydrogen) atoms. The molecule has 0 radical (unpaired) electrons. The van der Waals surface area contributed by atoms with E-state index >= 15 is 0 Å². The number of rotatable bonds is 3. The highest BCUT2D eigenvalue weighted by Gasteiger charge is 2.35. The number of benzene rings is 1. The lowest BCUT2D eigenvalue weighted by Crippen LogP contribution is -2.44. The van der Waals surface area contributed by atoms with E-state index in [-0.39, 0.29) is 17.9 Å². The molecule has 2 rings (SSSR count). The van der Waals surface area contributed by atoms with Gasteiger partial charge in [-0.05, 0) is 25.0 Å². The van der Waals surface area contributed by atoms with Crippen molar-refractivity contribution in [1.29, 1.82) is 5.26 Å². The Hall–Kier alpha value is -2.22. The number of nitriles is 1. The van der Waals surface area contributed by atoms with E-state index in [1.165, 1.54) is 17.0 Å². The van der Waals surface area contributed by atoms with E-state index in [2.05, 4.69) is 0 Å². The minimum Gasteiger partial charge on any atom is -0.309 e. The van der Waals surface area contributed by atoms with Gasteiger partial charge in [-0.15, -0.1) is 0 Å². The number of amides is 1. The van der Waals surface area contributed by atoms with Crippen LogP contribution in [0.4, 0.5) is 10.1 Å². The van der Waals surface area contributed by atoms with Gasteiger partial charge >= 0.3 is 0 Å². The van der Waals surface area contributed by atoms with E-state index < -0.39 is 17.6 Å². The van der Waals surface area contributed by atoms with Gasteiger partial charge in [-0.25, -0.2) is 4.39 Å². The van der Waals surface area contributed by atoms with Crippen molar-refractivity contribution >= 4 is 17.4 Å². The molecule has 0 spiro atoms. The SMILES string of the molecule is N#CCC(=O)[C@@H]1CCCN(c2ccccc2F)C1=O. The number of ketones is 1. The van der Waals surface area contributed by atoms with Gasteiger partial charge in [-0.3, -0.25) is 9.59 Å². The second-order valence-electron chi connectivity index (χ2n) is 4.44. The molecule has 0 unspecified atom stereocenters. The number of Topliss-reactive ketones (excluding diaryl/α,β-unsaturated/α-hetero) is 1. The number of para-hydroxylation sites is 1. The number of carbonyl (C=O) groups excluding carboxylic acids is 2. The van der Waals surface area contributed by atoms with Crippen LogP contribution in [0.5, 0.6) is 0 Å². The molecule has 0 aromatic heterocycles. The minimum absolute atomic E-state index is 0.196. The molecule has 0 bridgehead atoms. The molecule has 1 amide bonds. The lowest BCUT2D eigenvalue weighted by Gasteiger charge is -2.31. The van der Waals surface area contributed by atoms with Crippen LogP contribution in [0, 0.1) is 23.1 Å². The van der Waals surface area contributed by atoms with Crippen LogP contribution in [-0.4, -0.2) is 18.2 Å². The van der Waals surface area contributed by atoms with Crippen molar-refractivity contribution in [2.45, 2.75) is 19.3 Å². The summed E-state index contributed by atoms with van der Waals surface area (Å²) in [5.41, 5.74) is 0.196. The summed E-state index contributed by atoms with van der Waals surface area (Å²) >= 11 is 0. The largest absolute Gasteiger partial charge is 0.309 e. The molecule has 0 N–H and O–H groups in total. The van der Waals surface area contributed by atoms with Crippen LogP contribution in [0.2, 0.25) is 0 Å². The van der Waals surface area contributed by atoms with Crippen LogP contribution in [0.1, 0.15) is 19.3 Å². The van der Waals surface area contributed by atoms with Crippen LogP contribution in [-0.2, 0) is 9.59 Å². The number of halogens is 1. The van der Waals surface area contributed by atoms with Gasteiger partial charge in [-0.2, -0.15) is 5.26 Å². The second kappa shape index (κ2) is 5.61. The number of carbonyl (C=O) groups is 2. The van der Waals surface area contributed by atoms with Crippen LogP contribution in [0.25, 0.3) is 0 Å². The van der Waals surface area contributed by atoms with E-state index in [9.17, 15) is 14.0 Å². The van der Waals surface area contributed by atoms with E-state index in [1.54, 1.807) is 18.2 Å². The zero-order valence-electron chi connectivity index (χ0n) is 10.3. The second-order valence-corrected chi connectivity index (χ2v) is 4.44. The topological polar surface area (TPSA) is 61.2 Å². The average molecular weight is 260 g/mol. The van der Waals surface area contributed by atoms with Crippen molar-refractivity contribution in [3.63, 3.8) is 0 Å². The van der Waals surface area contributed by atoms with Crippen molar-refractivity contribution in [2.75, 3.05) is 11.4 Å². The third-order valence-electron chi connectivity index (χ3n) is 3.22. The average Bonchev–Trinajstić information content (AvgIpc) is 2.40. The first-order chi connectivity index (χ1) is 9.15. The molecule has 1 saturated heterocycles. The molecular formula is C14H13FN2O2. The van der Waals surface area contributed by atoms with Crippen molar-refractivity contribution in [2.24, 2.45) is 5.92 Å². The van der Waals surface area contributed by atoms with Gasteiger partial charge in [0.15, 0.2) is 5.78 Å². The van der Waals surface area contributed by atoms with Gasteiger partial charge in [0.1, 0.15) is 5.82 Å². The molecule has 1 atom stereocenters. The summed E-state index contributed by atoms with van der Waals surface area (Å²) < 4.78 is 13.7. The molecule has 98 valence electrons. The summed E-state index contributed by atoms with van der Waals surface area (Å²) in [5, 5.41) is 8.52. The summed E-state index contributed by atoms with van der Waals surface area (Å²) in [7, 11) is 0. The Morgan fingerprint density at radius 2 is 2.21 bits per heavy atom. The highest BCUT2D eigenvalue weighted by Crippen LogP contribution is 2.27. The Bertz CT molecular complexity index is 551. The van der Waals surface area contributed by atoms with Gasteiger partial charge in [0.05, 0.1) is 24.1 Å². The Labute approximate surface area is 110 Å². The molecule has 1 aromatic carbocycles. The molecule has 5 heteroatoms.